The molecule has 0 aliphatic carbocycles. The summed E-state index contributed by atoms with van der Waals surface area (Å²) in [6.07, 6.45) is 0. The highest BCUT2D eigenvalue weighted by Gasteiger charge is 2.36. The Morgan fingerprint density at radius 2 is 1.52 bits per heavy atom. The third-order valence-electron chi connectivity index (χ3n) is 5.82. The second-order valence-electron chi connectivity index (χ2n) is 8.00. The summed E-state index contributed by atoms with van der Waals surface area (Å²) in [4.78, 5) is 28.0. The van der Waals surface area contributed by atoms with Gasteiger partial charge in [0, 0.05) is 27.6 Å². The summed E-state index contributed by atoms with van der Waals surface area (Å²) in [6, 6.07) is 14.1. The zero-order valence-electron chi connectivity index (χ0n) is 17.3. The molecule has 1 aliphatic heterocycles. The van der Waals surface area contributed by atoms with Gasteiger partial charge < -0.3 is 20.6 Å². The number of aliphatic hydroxyl groups is 3. The molecule has 31 heavy (non-hydrogen) atoms. The predicted molar refractivity (Wildman–Crippen MR) is 119 cm³/mol. The first-order chi connectivity index (χ1) is 14.9. The van der Waals surface area contributed by atoms with Crippen LogP contribution in [0.2, 0.25) is 0 Å². The van der Waals surface area contributed by atoms with Gasteiger partial charge in [0.15, 0.2) is 0 Å². The molecule has 0 bridgehead atoms. The summed E-state index contributed by atoms with van der Waals surface area (Å²) in [5.41, 5.74) is 2.25. The molecule has 0 radical (unpaired) electrons. The van der Waals surface area contributed by atoms with Crippen molar-refractivity contribution in [3.63, 3.8) is 0 Å². The second-order valence-corrected chi connectivity index (χ2v) is 8.00. The van der Waals surface area contributed by atoms with E-state index in [-0.39, 0.29) is 0 Å². The molecule has 1 aliphatic rings. The Morgan fingerprint density at radius 3 is 2.16 bits per heavy atom. The number of aliphatic hydroxyl groups excluding tert-OH is 3. The summed E-state index contributed by atoms with van der Waals surface area (Å²) in [5.74, 6) is -0.821. The van der Waals surface area contributed by atoms with E-state index < -0.39 is 37.2 Å². The first kappa shape index (κ1) is 21.0. The van der Waals surface area contributed by atoms with Gasteiger partial charge in [0.2, 0.25) is 0 Å². The monoisotopic (exact) mass is 420 g/mol. The molecule has 160 valence electrons. The van der Waals surface area contributed by atoms with Crippen molar-refractivity contribution in [2.45, 2.75) is 19.4 Å². The van der Waals surface area contributed by atoms with Gasteiger partial charge >= 0.3 is 0 Å². The van der Waals surface area contributed by atoms with Crippen LogP contribution in [0.15, 0.2) is 48.5 Å². The van der Waals surface area contributed by atoms with E-state index in [2.05, 4.69) is 5.32 Å². The van der Waals surface area contributed by atoms with E-state index in [4.69, 9.17) is 0 Å². The molecular formula is C24H24N2O5. The molecule has 0 saturated heterocycles. The van der Waals surface area contributed by atoms with Crippen molar-refractivity contribution in [2.75, 3.05) is 30.0 Å². The lowest BCUT2D eigenvalue weighted by atomic mass is 9.91. The number of anilines is 2. The van der Waals surface area contributed by atoms with Crippen molar-refractivity contribution in [1.29, 1.82) is 0 Å². The molecule has 3 aromatic carbocycles. The molecule has 0 spiro atoms. The van der Waals surface area contributed by atoms with Gasteiger partial charge in [0.25, 0.3) is 11.8 Å². The summed E-state index contributed by atoms with van der Waals surface area (Å²) in [6.45, 7) is 2.27. The van der Waals surface area contributed by atoms with Crippen LogP contribution >= 0.6 is 0 Å². The smallest absolute Gasteiger partial charge is 0.265 e. The number of carbonyl (C=O) groups is 2. The number of hydrogen-bond donors (Lipinski definition) is 4. The number of nitrogens with zero attached hydrogens (tertiary/aromatic N) is 1. The van der Waals surface area contributed by atoms with Gasteiger partial charge in [0.1, 0.15) is 5.54 Å². The maximum absolute atomic E-state index is 13.4. The van der Waals surface area contributed by atoms with Crippen molar-refractivity contribution in [3.8, 4) is 0 Å². The molecule has 0 unspecified atom stereocenters. The molecule has 3 aromatic rings. The molecule has 1 heterocycles. The largest absolute Gasteiger partial charge is 0.394 e. The van der Waals surface area contributed by atoms with E-state index in [9.17, 15) is 24.9 Å². The maximum Gasteiger partial charge on any atom is 0.265 e. The average molecular weight is 420 g/mol. The standard InChI is InChI=1S/C24H24N2O5/c1-14-6-7-15(2)20(10-14)26-22(30)17-5-3-4-16-19(25-24(11-27,12-28)13-29)9-8-18(21(16)17)23(26)31/h3-10,25,27-29H,11-13H2,1-2H3. The van der Waals surface area contributed by atoms with Gasteiger partial charge in [-0.05, 0) is 49.2 Å². The van der Waals surface area contributed by atoms with Crippen LogP contribution in [-0.4, -0.2) is 52.5 Å². The average Bonchev–Trinajstić information content (AvgIpc) is 2.78. The summed E-state index contributed by atoms with van der Waals surface area (Å²) >= 11 is 0. The fraction of sp³-hybridized carbons (Fsp3) is 0.250. The van der Waals surface area contributed by atoms with Crippen molar-refractivity contribution in [1.82, 2.24) is 0 Å². The highest BCUT2D eigenvalue weighted by Crippen LogP contribution is 2.37. The normalized spacial score (nSPS) is 13.8. The molecule has 0 aromatic heterocycles. The second kappa shape index (κ2) is 7.77. The van der Waals surface area contributed by atoms with E-state index in [1.165, 1.54) is 4.90 Å². The minimum atomic E-state index is -1.34. The molecule has 4 rings (SSSR count). The van der Waals surface area contributed by atoms with Gasteiger partial charge in [-0.25, -0.2) is 4.90 Å². The number of benzene rings is 3. The lowest BCUT2D eigenvalue weighted by Gasteiger charge is -2.32. The maximum atomic E-state index is 13.4. The van der Waals surface area contributed by atoms with E-state index in [0.29, 0.717) is 33.3 Å². The molecule has 0 saturated carbocycles. The topological polar surface area (TPSA) is 110 Å². The van der Waals surface area contributed by atoms with Gasteiger partial charge in [-0.15, -0.1) is 0 Å². The van der Waals surface area contributed by atoms with Crippen LogP contribution in [0.5, 0.6) is 0 Å². The number of imide groups is 1. The van der Waals surface area contributed by atoms with Crippen LogP contribution in [-0.2, 0) is 0 Å². The molecule has 2 amide bonds. The zero-order valence-corrected chi connectivity index (χ0v) is 17.3. The third-order valence-corrected chi connectivity index (χ3v) is 5.82. The predicted octanol–water partition coefficient (Wildman–Crippen LogP) is 2.38. The Bertz CT molecular complexity index is 1170. The minimum Gasteiger partial charge on any atom is -0.394 e. The highest BCUT2D eigenvalue weighted by atomic mass is 16.3. The van der Waals surface area contributed by atoms with E-state index >= 15 is 0 Å². The van der Waals surface area contributed by atoms with Crippen LogP contribution in [0.3, 0.4) is 0 Å². The molecule has 0 atom stereocenters. The van der Waals surface area contributed by atoms with Crippen molar-refractivity contribution < 1.29 is 24.9 Å². The highest BCUT2D eigenvalue weighted by molar-refractivity contribution is 6.36. The zero-order chi connectivity index (χ0) is 22.3. The molecular weight excluding hydrogens is 396 g/mol. The quantitative estimate of drug-likeness (QED) is 0.456. The Hall–Kier alpha value is -3.26. The number of nitrogens with one attached hydrogen (secondary N) is 1. The van der Waals surface area contributed by atoms with Crippen molar-refractivity contribution in [2.24, 2.45) is 0 Å². The van der Waals surface area contributed by atoms with Crippen LogP contribution in [0, 0.1) is 13.8 Å². The van der Waals surface area contributed by atoms with Crippen molar-refractivity contribution >= 4 is 34.0 Å². The minimum absolute atomic E-state index is 0.388. The number of hydrogen-bond acceptors (Lipinski definition) is 6. The SMILES string of the molecule is Cc1ccc(C)c(N2C(=O)c3cccc4c(NC(CO)(CO)CO)ccc(c34)C2=O)c1. The van der Waals surface area contributed by atoms with Crippen LogP contribution in [0.4, 0.5) is 11.4 Å². The van der Waals surface area contributed by atoms with Crippen LogP contribution in [0.25, 0.3) is 10.8 Å². The van der Waals surface area contributed by atoms with E-state index in [0.717, 1.165) is 11.1 Å². The molecule has 7 heteroatoms. The van der Waals surface area contributed by atoms with Gasteiger partial charge in [-0.3, -0.25) is 9.59 Å². The van der Waals surface area contributed by atoms with Crippen LogP contribution < -0.4 is 10.2 Å². The molecule has 7 nitrogen and oxygen atoms in total. The third kappa shape index (κ3) is 3.27. The summed E-state index contributed by atoms with van der Waals surface area (Å²) < 4.78 is 0. The number of carbonyl (C=O) groups excluding carboxylic acids is 2. The number of rotatable bonds is 6. The fourth-order valence-electron chi connectivity index (χ4n) is 3.94. The van der Waals surface area contributed by atoms with Crippen LogP contribution in [0.1, 0.15) is 31.8 Å². The van der Waals surface area contributed by atoms with Gasteiger partial charge in [-0.1, -0.05) is 24.3 Å². The Balaban J connectivity index is 1.89. The first-order valence-corrected chi connectivity index (χ1v) is 9.98. The number of amides is 2. The Kier molecular flexibility index (Phi) is 5.26. The first-order valence-electron chi connectivity index (χ1n) is 9.98. The summed E-state index contributed by atoms with van der Waals surface area (Å²) in [5, 5.41) is 33.1. The Morgan fingerprint density at radius 1 is 0.871 bits per heavy atom. The Labute approximate surface area is 179 Å². The summed E-state index contributed by atoms with van der Waals surface area (Å²) in [7, 11) is 0. The van der Waals surface area contributed by atoms with Gasteiger partial charge in [0.05, 0.1) is 25.5 Å². The van der Waals surface area contributed by atoms with Crippen molar-refractivity contribution in [3.05, 3.63) is 70.8 Å². The lowest BCUT2D eigenvalue weighted by Crippen LogP contribution is -2.49. The van der Waals surface area contributed by atoms with E-state index in [1.54, 1.807) is 30.3 Å². The van der Waals surface area contributed by atoms with E-state index in [1.807, 2.05) is 32.0 Å². The molecule has 4 N–H and O–H groups in total. The number of aryl methyl sites for hydroxylation is 2. The molecule has 0 fully saturated rings. The fourth-order valence-corrected chi connectivity index (χ4v) is 3.94. The lowest BCUT2D eigenvalue weighted by molar-refractivity contribution is 0.0833. The van der Waals surface area contributed by atoms with Gasteiger partial charge in [-0.2, -0.15) is 0 Å².